The van der Waals surface area contributed by atoms with Gasteiger partial charge in [0.15, 0.2) is 0 Å². The van der Waals surface area contributed by atoms with E-state index in [4.69, 9.17) is 5.73 Å². The van der Waals surface area contributed by atoms with Gasteiger partial charge in [-0.2, -0.15) is 5.26 Å². The smallest absolute Gasteiger partial charge is 0.142 e. The van der Waals surface area contributed by atoms with E-state index >= 15 is 0 Å². The molecule has 1 aromatic heterocycles. The second kappa shape index (κ2) is 7.14. The highest BCUT2D eigenvalue weighted by Gasteiger charge is 2.24. The number of benzene rings is 1. The molecule has 1 aliphatic carbocycles. The van der Waals surface area contributed by atoms with Crippen LogP contribution in [0.1, 0.15) is 44.0 Å². The van der Waals surface area contributed by atoms with E-state index in [1.165, 1.54) is 11.3 Å². The van der Waals surface area contributed by atoms with Crippen molar-refractivity contribution in [3.8, 4) is 17.2 Å². The number of aryl methyl sites for hydroxylation is 1. The van der Waals surface area contributed by atoms with Gasteiger partial charge in [-0.15, -0.1) is 0 Å². The summed E-state index contributed by atoms with van der Waals surface area (Å²) in [4.78, 5) is 6.84. The molecule has 1 aromatic carbocycles. The lowest BCUT2D eigenvalue weighted by atomic mass is 9.82. The van der Waals surface area contributed by atoms with Crippen LogP contribution in [0.4, 0.5) is 11.5 Å². The summed E-state index contributed by atoms with van der Waals surface area (Å²) in [6.07, 6.45) is 3.03. The van der Waals surface area contributed by atoms with Gasteiger partial charge in [-0.1, -0.05) is 19.1 Å². The van der Waals surface area contributed by atoms with E-state index in [-0.39, 0.29) is 0 Å². The molecule has 0 aliphatic heterocycles. The van der Waals surface area contributed by atoms with Gasteiger partial charge in [-0.05, 0) is 62.3 Å². The van der Waals surface area contributed by atoms with Gasteiger partial charge in [0.1, 0.15) is 17.5 Å². The van der Waals surface area contributed by atoms with Crippen molar-refractivity contribution in [1.82, 2.24) is 4.98 Å². The van der Waals surface area contributed by atoms with Crippen LogP contribution >= 0.6 is 0 Å². The minimum atomic E-state index is 0.360. The van der Waals surface area contributed by atoms with Gasteiger partial charge < -0.3 is 10.6 Å². The monoisotopic (exact) mass is 334 g/mol. The highest BCUT2D eigenvalue weighted by molar-refractivity contribution is 5.80. The Morgan fingerprint density at radius 1 is 1.24 bits per heavy atom. The Kier molecular flexibility index (Phi) is 4.94. The second-order valence-corrected chi connectivity index (χ2v) is 6.85. The van der Waals surface area contributed by atoms with E-state index in [0.29, 0.717) is 17.3 Å². The number of hydrogen-bond donors (Lipinski definition) is 1. The number of hydrogen-bond acceptors (Lipinski definition) is 4. The molecule has 1 unspecified atom stereocenters. The average Bonchev–Trinajstić information content (AvgIpc) is 2.63. The van der Waals surface area contributed by atoms with Crippen LogP contribution in [0.3, 0.4) is 0 Å². The van der Waals surface area contributed by atoms with E-state index in [1.54, 1.807) is 0 Å². The summed E-state index contributed by atoms with van der Waals surface area (Å²) in [5, 5.41) is 9.67. The highest BCUT2D eigenvalue weighted by atomic mass is 15.1. The molecule has 2 N–H and O–H groups in total. The predicted molar refractivity (Wildman–Crippen MR) is 104 cm³/mol. The first-order valence-electron chi connectivity index (χ1n) is 9.15. The number of anilines is 2. The van der Waals surface area contributed by atoms with Gasteiger partial charge in [-0.3, -0.25) is 0 Å². The SMILES string of the molecule is CCN(CC)c1ccc(-c2c(C#N)c(N)nc3c2CC(C)CC3)cc1. The molecule has 130 valence electrons. The molecule has 1 heterocycles. The summed E-state index contributed by atoms with van der Waals surface area (Å²) in [5.74, 6) is 0.969. The zero-order valence-electron chi connectivity index (χ0n) is 15.3. The standard InChI is InChI=1S/C21H26N4/c1-4-25(5-2)16-9-7-15(8-10-16)20-17-12-14(3)6-11-19(17)24-21(23)18(20)13-22/h7-10,14H,4-6,11-12H2,1-3H3,(H2,23,24). The van der Waals surface area contributed by atoms with E-state index in [2.05, 4.69) is 61.0 Å². The molecule has 0 spiro atoms. The Balaban J connectivity index is 2.13. The molecule has 0 radical (unpaired) electrons. The number of nitrogen functional groups attached to an aromatic ring is 1. The maximum Gasteiger partial charge on any atom is 0.142 e. The Bertz CT molecular complexity index is 798. The number of fused-ring (bicyclic) bond motifs is 1. The van der Waals surface area contributed by atoms with Crippen LogP contribution in [0.25, 0.3) is 11.1 Å². The molecule has 0 bridgehead atoms. The molecule has 4 heteroatoms. The van der Waals surface area contributed by atoms with Crippen LogP contribution in [0, 0.1) is 17.2 Å². The van der Waals surface area contributed by atoms with Gasteiger partial charge in [0.25, 0.3) is 0 Å². The number of rotatable bonds is 4. The van der Waals surface area contributed by atoms with Crippen molar-refractivity contribution in [1.29, 1.82) is 5.26 Å². The van der Waals surface area contributed by atoms with Gasteiger partial charge in [0.2, 0.25) is 0 Å². The average molecular weight is 334 g/mol. The van der Waals surface area contributed by atoms with Gasteiger partial charge in [0, 0.05) is 30.0 Å². The minimum absolute atomic E-state index is 0.360. The van der Waals surface area contributed by atoms with Crippen molar-refractivity contribution < 1.29 is 0 Å². The third-order valence-electron chi connectivity index (χ3n) is 5.23. The fraction of sp³-hybridized carbons (Fsp3) is 0.429. The second-order valence-electron chi connectivity index (χ2n) is 6.85. The summed E-state index contributed by atoms with van der Waals surface area (Å²) in [6.45, 7) is 8.54. The first-order valence-corrected chi connectivity index (χ1v) is 9.15. The number of nitrogens with zero attached hydrogens (tertiary/aromatic N) is 3. The molecule has 25 heavy (non-hydrogen) atoms. The van der Waals surface area contributed by atoms with E-state index in [0.717, 1.165) is 49.2 Å². The summed E-state index contributed by atoms with van der Waals surface area (Å²) < 4.78 is 0. The molecule has 0 fully saturated rings. The molecule has 0 saturated heterocycles. The van der Waals surface area contributed by atoms with E-state index in [1.807, 2.05) is 0 Å². The van der Waals surface area contributed by atoms with Crippen LogP contribution in [0.2, 0.25) is 0 Å². The summed E-state index contributed by atoms with van der Waals surface area (Å²) in [6, 6.07) is 10.8. The Morgan fingerprint density at radius 2 is 1.92 bits per heavy atom. The maximum atomic E-state index is 9.67. The molecular formula is C21H26N4. The fourth-order valence-electron chi connectivity index (χ4n) is 3.81. The topological polar surface area (TPSA) is 65.9 Å². The maximum absolute atomic E-state index is 9.67. The van der Waals surface area contributed by atoms with Crippen LogP contribution in [0.5, 0.6) is 0 Å². The van der Waals surface area contributed by atoms with Crippen molar-refractivity contribution in [3.63, 3.8) is 0 Å². The third kappa shape index (κ3) is 3.19. The molecule has 1 aliphatic rings. The summed E-state index contributed by atoms with van der Waals surface area (Å²) in [7, 11) is 0. The van der Waals surface area contributed by atoms with E-state index in [9.17, 15) is 5.26 Å². The van der Waals surface area contributed by atoms with Crippen LogP contribution in [-0.4, -0.2) is 18.1 Å². The molecule has 2 aromatic rings. The van der Waals surface area contributed by atoms with Gasteiger partial charge in [-0.25, -0.2) is 4.98 Å². The first kappa shape index (κ1) is 17.3. The molecule has 3 rings (SSSR count). The molecular weight excluding hydrogens is 308 g/mol. The predicted octanol–water partition coefficient (Wildman–Crippen LogP) is 4.17. The number of aromatic nitrogens is 1. The lowest BCUT2D eigenvalue weighted by Crippen LogP contribution is -2.21. The van der Waals surface area contributed by atoms with Crippen LogP contribution in [0.15, 0.2) is 24.3 Å². The highest BCUT2D eigenvalue weighted by Crippen LogP contribution is 2.37. The van der Waals surface area contributed by atoms with Crippen molar-refractivity contribution in [2.24, 2.45) is 5.92 Å². The Morgan fingerprint density at radius 3 is 2.52 bits per heavy atom. The zero-order valence-corrected chi connectivity index (χ0v) is 15.3. The van der Waals surface area contributed by atoms with Crippen LogP contribution < -0.4 is 10.6 Å². The van der Waals surface area contributed by atoms with E-state index < -0.39 is 0 Å². The van der Waals surface area contributed by atoms with Crippen molar-refractivity contribution in [2.75, 3.05) is 23.7 Å². The molecule has 4 nitrogen and oxygen atoms in total. The lowest BCUT2D eigenvalue weighted by molar-refractivity contribution is 0.495. The quantitative estimate of drug-likeness (QED) is 0.911. The lowest BCUT2D eigenvalue weighted by Gasteiger charge is -2.25. The Hall–Kier alpha value is -2.54. The fourth-order valence-corrected chi connectivity index (χ4v) is 3.81. The van der Waals surface area contributed by atoms with Gasteiger partial charge in [0.05, 0.1) is 0 Å². The molecule has 1 atom stereocenters. The Labute approximate surface area is 150 Å². The van der Waals surface area contributed by atoms with Crippen molar-refractivity contribution >= 4 is 11.5 Å². The molecule has 0 saturated carbocycles. The van der Waals surface area contributed by atoms with Crippen molar-refractivity contribution in [3.05, 3.63) is 41.1 Å². The van der Waals surface area contributed by atoms with Gasteiger partial charge >= 0.3 is 0 Å². The van der Waals surface area contributed by atoms with Crippen LogP contribution in [-0.2, 0) is 12.8 Å². The molecule has 0 amide bonds. The number of nitrogens with two attached hydrogens (primary N) is 1. The number of nitriles is 1. The first-order chi connectivity index (χ1) is 12.1. The zero-order chi connectivity index (χ0) is 18.0. The van der Waals surface area contributed by atoms with Crippen molar-refractivity contribution in [2.45, 2.75) is 40.0 Å². The summed E-state index contributed by atoms with van der Waals surface area (Å²) >= 11 is 0. The third-order valence-corrected chi connectivity index (χ3v) is 5.23. The number of pyridine rings is 1. The largest absolute Gasteiger partial charge is 0.383 e. The summed E-state index contributed by atoms with van der Waals surface area (Å²) in [5.41, 5.74) is 12.2. The normalized spacial score (nSPS) is 16.2. The minimum Gasteiger partial charge on any atom is -0.383 e.